The molecule has 2 aromatic rings. The first kappa shape index (κ1) is 19.4. The van der Waals surface area contributed by atoms with Crippen molar-refractivity contribution >= 4 is 44.5 Å². The first-order valence-electron chi connectivity index (χ1n) is 9.16. The predicted octanol–water partition coefficient (Wildman–Crippen LogP) is 4.11. The second-order valence-electron chi connectivity index (χ2n) is 6.76. The molecule has 7 heteroatoms. The van der Waals surface area contributed by atoms with E-state index in [0.717, 1.165) is 23.7 Å². The molecule has 140 valence electrons. The Labute approximate surface area is 166 Å². The third kappa shape index (κ3) is 4.31. The molecular formula is C19H24BrN3O2S. The van der Waals surface area contributed by atoms with Gasteiger partial charge >= 0.3 is 0 Å². The van der Waals surface area contributed by atoms with Crippen LogP contribution in [0.15, 0.2) is 32.6 Å². The zero-order chi connectivity index (χ0) is 18.7. The van der Waals surface area contributed by atoms with E-state index in [1.165, 1.54) is 24.6 Å². The lowest BCUT2D eigenvalue weighted by Crippen LogP contribution is -2.38. The van der Waals surface area contributed by atoms with Gasteiger partial charge in [0, 0.05) is 17.1 Å². The molecule has 3 rings (SSSR count). The van der Waals surface area contributed by atoms with Gasteiger partial charge in [-0.05, 0) is 44.4 Å². The summed E-state index contributed by atoms with van der Waals surface area (Å²) in [5.41, 5.74) is 0.612. The SMILES string of the molecule is CCCn1c(SC(C)C(=O)NC2CCCC2)nc2ccc(Br)cc2c1=O. The lowest BCUT2D eigenvalue weighted by molar-refractivity contribution is -0.120. The third-order valence-electron chi connectivity index (χ3n) is 4.68. The second kappa shape index (κ2) is 8.57. The van der Waals surface area contributed by atoms with E-state index >= 15 is 0 Å². The van der Waals surface area contributed by atoms with Gasteiger partial charge < -0.3 is 5.32 Å². The van der Waals surface area contributed by atoms with Gasteiger partial charge in [0.1, 0.15) is 0 Å². The smallest absolute Gasteiger partial charge is 0.262 e. The van der Waals surface area contributed by atoms with Gasteiger partial charge in [0.15, 0.2) is 5.16 Å². The van der Waals surface area contributed by atoms with Crippen molar-refractivity contribution in [3.05, 3.63) is 33.0 Å². The molecule has 1 saturated carbocycles. The molecule has 26 heavy (non-hydrogen) atoms. The number of halogens is 1. The van der Waals surface area contributed by atoms with Crippen LogP contribution in [0.2, 0.25) is 0 Å². The minimum Gasteiger partial charge on any atom is -0.352 e. The summed E-state index contributed by atoms with van der Waals surface area (Å²) in [6, 6.07) is 5.82. The van der Waals surface area contributed by atoms with Crippen molar-refractivity contribution < 1.29 is 4.79 Å². The van der Waals surface area contributed by atoms with Crippen LogP contribution in [0.4, 0.5) is 0 Å². The second-order valence-corrected chi connectivity index (χ2v) is 8.99. The maximum absolute atomic E-state index is 12.9. The van der Waals surface area contributed by atoms with E-state index in [1.807, 2.05) is 32.0 Å². The zero-order valence-corrected chi connectivity index (χ0v) is 17.5. The van der Waals surface area contributed by atoms with Crippen LogP contribution in [0.3, 0.4) is 0 Å². The van der Waals surface area contributed by atoms with E-state index in [1.54, 1.807) is 4.57 Å². The first-order valence-corrected chi connectivity index (χ1v) is 10.8. The highest BCUT2D eigenvalue weighted by atomic mass is 79.9. The Hall–Kier alpha value is -1.34. The number of nitrogens with one attached hydrogen (secondary N) is 1. The van der Waals surface area contributed by atoms with Gasteiger partial charge in [-0.2, -0.15) is 0 Å². The van der Waals surface area contributed by atoms with Crippen LogP contribution in [0.1, 0.15) is 46.0 Å². The summed E-state index contributed by atoms with van der Waals surface area (Å²) in [4.78, 5) is 30.1. The molecule has 0 spiro atoms. The number of benzene rings is 1. The van der Waals surface area contributed by atoms with Gasteiger partial charge in [-0.25, -0.2) is 4.98 Å². The Morgan fingerprint density at radius 2 is 2.15 bits per heavy atom. The molecule has 0 aliphatic heterocycles. The molecule has 0 radical (unpaired) electrons. The Morgan fingerprint density at radius 1 is 1.42 bits per heavy atom. The Kier molecular flexibility index (Phi) is 6.40. The van der Waals surface area contributed by atoms with E-state index in [-0.39, 0.29) is 16.7 Å². The average Bonchev–Trinajstić information content (AvgIpc) is 3.12. The summed E-state index contributed by atoms with van der Waals surface area (Å²) < 4.78 is 2.55. The standard InChI is InChI=1S/C19H24BrN3O2S/c1-3-10-23-18(25)15-11-13(20)8-9-16(15)22-19(23)26-12(2)17(24)21-14-6-4-5-7-14/h8-9,11-12,14H,3-7,10H2,1-2H3,(H,21,24). The van der Waals surface area contributed by atoms with Crippen molar-refractivity contribution in [2.24, 2.45) is 0 Å². The van der Waals surface area contributed by atoms with Gasteiger partial charge in [-0.1, -0.05) is 47.5 Å². The number of fused-ring (bicyclic) bond motifs is 1. The molecule has 1 atom stereocenters. The summed E-state index contributed by atoms with van der Waals surface area (Å²) in [7, 11) is 0. The molecular weight excluding hydrogens is 414 g/mol. The number of carbonyl (C=O) groups excluding carboxylic acids is 1. The summed E-state index contributed by atoms with van der Waals surface area (Å²) in [5.74, 6) is 0.0232. The molecule has 1 aromatic heterocycles. The Morgan fingerprint density at radius 3 is 2.85 bits per heavy atom. The number of rotatable bonds is 6. The van der Waals surface area contributed by atoms with Crippen LogP contribution < -0.4 is 10.9 Å². The molecule has 1 aliphatic rings. The van der Waals surface area contributed by atoms with Gasteiger partial charge in [0.25, 0.3) is 5.56 Å². The lowest BCUT2D eigenvalue weighted by atomic mass is 10.2. The van der Waals surface area contributed by atoms with Gasteiger partial charge in [-0.3, -0.25) is 14.2 Å². The summed E-state index contributed by atoms with van der Waals surface area (Å²) >= 11 is 4.78. The van der Waals surface area contributed by atoms with Crippen LogP contribution in [-0.2, 0) is 11.3 Å². The van der Waals surface area contributed by atoms with Gasteiger partial charge in [0.2, 0.25) is 5.91 Å². The molecule has 1 unspecified atom stereocenters. The topological polar surface area (TPSA) is 64.0 Å². The molecule has 1 N–H and O–H groups in total. The van der Waals surface area contributed by atoms with Gasteiger partial charge in [-0.15, -0.1) is 0 Å². The monoisotopic (exact) mass is 437 g/mol. The fraction of sp³-hybridized carbons (Fsp3) is 0.526. The van der Waals surface area contributed by atoms with Crippen LogP contribution in [-0.4, -0.2) is 26.8 Å². The largest absolute Gasteiger partial charge is 0.352 e. The van der Waals surface area contributed by atoms with E-state index < -0.39 is 0 Å². The number of hydrogen-bond acceptors (Lipinski definition) is 4. The summed E-state index contributed by atoms with van der Waals surface area (Å²) in [5, 5.41) is 4.04. The Balaban J connectivity index is 1.87. The molecule has 1 heterocycles. The minimum atomic E-state index is -0.293. The third-order valence-corrected chi connectivity index (χ3v) is 6.26. The number of aromatic nitrogens is 2. The van der Waals surface area contributed by atoms with E-state index in [2.05, 4.69) is 26.2 Å². The summed E-state index contributed by atoms with van der Waals surface area (Å²) in [6.45, 7) is 4.50. The van der Waals surface area contributed by atoms with Crippen LogP contribution in [0, 0.1) is 0 Å². The van der Waals surface area contributed by atoms with Crippen LogP contribution >= 0.6 is 27.7 Å². The maximum atomic E-state index is 12.9. The van der Waals surface area contributed by atoms with Crippen LogP contribution in [0.5, 0.6) is 0 Å². The molecule has 1 fully saturated rings. The zero-order valence-electron chi connectivity index (χ0n) is 15.1. The normalized spacial score (nSPS) is 16.1. The summed E-state index contributed by atoms with van der Waals surface area (Å²) in [6.07, 6.45) is 5.32. The Bertz CT molecular complexity index is 862. The van der Waals surface area contributed by atoms with Crippen molar-refractivity contribution in [3.63, 3.8) is 0 Å². The number of thioether (sulfide) groups is 1. The molecule has 0 bridgehead atoms. The number of nitrogens with zero attached hydrogens (tertiary/aromatic N) is 2. The number of carbonyl (C=O) groups is 1. The average molecular weight is 438 g/mol. The van der Waals surface area contributed by atoms with Crippen molar-refractivity contribution in [1.82, 2.24) is 14.9 Å². The highest BCUT2D eigenvalue weighted by Gasteiger charge is 2.23. The molecule has 1 aliphatic carbocycles. The van der Waals surface area contributed by atoms with Crippen molar-refractivity contribution in [3.8, 4) is 0 Å². The van der Waals surface area contributed by atoms with E-state index in [0.29, 0.717) is 28.6 Å². The quantitative estimate of drug-likeness (QED) is 0.545. The van der Waals surface area contributed by atoms with Crippen molar-refractivity contribution in [2.45, 2.75) is 68.9 Å². The lowest BCUT2D eigenvalue weighted by Gasteiger charge is -2.18. The molecule has 1 amide bonds. The first-order chi connectivity index (χ1) is 12.5. The number of hydrogen-bond donors (Lipinski definition) is 1. The fourth-order valence-electron chi connectivity index (χ4n) is 3.28. The minimum absolute atomic E-state index is 0.0232. The molecule has 1 aromatic carbocycles. The highest BCUT2D eigenvalue weighted by Crippen LogP contribution is 2.25. The van der Waals surface area contributed by atoms with Crippen LogP contribution in [0.25, 0.3) is 10.9 Å². The predicted molar refractivity (Wildman–Crippen MR) is 110 cm³/mol. The molecule has 0 saturated heterocycles. The van der Waals surface area contributed by atoms with Crippen molar-refractivity contribution in [1.29, 1.82) is 0 Å². The fourth-order valence-corrected chi connectivity index (χ4v) is 4.59. The molecule has 5 nitrogen and oxygen atoms in total. The van der Waals surface area contributed by atoms with Gasteiger partial charge in [0.05, 0.1) is 16.2 Å². The highest BCUT2D eigenvalue weighted by molar-refractivity contribution is 9.10. The van der Waals surface area contributed by atoms with Crippen molar-refractivity contribution in [2.75, 3.05) is 0 Å². The van der Waals surface area contributed by atoms with E-state index in [4.69, 9.17) is 0 Å². The van der Waals surface area contributed by atoms with E-state index in [9.17, 15) is 9.59 Å². The maximum Gasteiger partial charge on any atom is 0.262 e. The number of amides is 1.